The minimum atomic E-state index is -3.52. The van der Waals surface area contributed by atoms with Crippen molar-refractivity contribution in [1.29, 1.82) is 0 Å². The van der Waals surface area contributed by atoms with Crippen LogP contribution in [0.15, 0.2) is 16.3 Å². The van der Waals surface area contributed by atoms with Gasteiger partial charge >= 0.3 is 0 Å². The molecular weight excluding hydrogens is 310 g/mol. The van der Waals surface area contributed by atoms with Crippen LogP contribution in [0.2, 0.25) is 0 Å². The number of thiophene rings is 1. The van der Waals surface area contributed by atoms with Crippen LogP contribution in [0.25, 0.3) is 0 Å². The summed E-state index contributed by atoms with van der Waals surface area (Å²) in [5.41, 5.74) is 5.26. The number of carbonyl (C=O) groups is 1. The van der Waals surface area contributed by atoms with E-state index in [2.05, 4.69) is 23.9 Å². The summed E-state index contributed by atoms with van der Waals surface area (Å²) in [6, 6.07) is 1.37. The van der Waals surface area contributed by atoms with Gasteiger partial charge in [0.2, 0.25) is 10.0 Å². The molecule has 0 aliphatic carbocycles. The van der Waals surface area contributed by atoms with Gasteiger partial charge in [0.25, 0.3) is 5.91 Å². The van der Waals surface area contributed by atoms with Crippen LogP contribution in [-0.4, -0.2) is 33.5 Å². The highest BCUT2D eigenvalue weighted by Crippen LogP contribution is 2.21. The summed E-state index contributed by atoms with van der Waals surface area (Å²) < 4.78 is 25.6. The molecular formula is C13H23N3O3S2. The Labute approximate surface area is 130 Å². The third-order valence-electron chi connectivity index (χ3n) is 3.10. The highest BCUT2D eigenvalue weighted by Gasteiger charge is 2.27. The van der Waals surface area contributed by atoms with Crippen LogP contribution in [0.3, 0.4) is 0 Å². The summed E-state index contributed by atoms with van der Waals surface area (Å²) in [7, 11) is -2.19. The zero-order valence-corrected chi connectivity index (χ0v) is 14.4. The van der Waals surface area contributed by atoms with Crippen molar-refractivity contribution in [1.82, 2.24) is 10.0 Å². The maximum atomic E-state index is 12.3. The van der Waals surface area contributed by atoms with Gasteiger partial charge in [-0.1, -0.05) is 13.8 Å². The van der Waals surface area contributed by atoms with Gasteiger partial charge in [-0.2, -0.15) is 0 Å². The van der Waals surface area contributed by atoms with Crippen molar-refractivity contribution in [2.24, 2.45) is 11.7 Å². The number of nitrogens with two attached hydrogens (primary N) is 1. The Hall–Kier alpha value is -0.960. The quantitative estimate of drug-likeness (QED) is 0.696. The summed E-state index contributed by atoms with van der Waals surface area (Å²) >= 11 is 1.10. The summed E-state index contributed by atoms with van der Waals surface area (Å²) in [5, 5.41) is 4.35. The monoisotopic (exact) mass is 333 g/mol. The molecule has 0 aromatic carbocycles. The number of nitrogens with one attached hydrogen (secondary N) is 2. The normalized spacial score (nSPS) is 15.0. The van der Waals surface area contributed by atoms with Gasteiger partial charge in [-0.15, -0.1) is 11.3 Å². The number of carbonyl (C=O) groups excluding carboxylic acids is 1. The predicted octanol–water partition coefficient (Wildman–Crippen LogP) is 1.15. The van der Waals surface area contributed by atoms with Crippen molar-refractivity contribution in [2.45, 2.75) is 37.6 Å². The Kier molecular flexibility index (Phi) is 5.92. The Morgan fingerprint density at radius 1 is 1.48 bits per heavy atom. The SMILES string of the molecule is CNS(=O)(=O)c1csc(C(=O)NC(C)(CN)CC(C)C)c1. The fourth-order valence-electron chi connectivity index (χ4n) is 2.12. The Bertz CT molecular complexity index is 596. The topological polar surface area (TPSA) is 101 Å². The van der Waals surface area contributed by atoms with Crippen LogP contribution < -0.4 is 15.8 Å². The van der Waals surface area contributed by atoms with E-state index < -0.39 is 15.6 Å². The molecule has 1 aromatic heterocycles. The van der Waals surface area contributed by atoms with E-state index in [1.54, 1.807) is 0 Å². The number of hydrogen-bond acceptors (Lipinski definition) is 5. The number of sulfonamides is 1. The number of rotatable bonds is 7. The van der Waals surface area contributed by atoms with Gasteiger partial charge in [-0.25, -0.2) is 13.1 Å². The molecule has 0 spiro atoms. The average molecular weight is 333 g/mol. The first kappa shape index (κ1) is 18.1. The van der Waals surface area contributed by atoms with Gasteiger partial charge in [-0.3, -0.25) is 4.79 Å². The van der Waals surface area contributed by atoms with E-state index in [-0.39, 0.29) is 10.8 Å². The van der Waals surface area contributed by atoms with E-state index in [1.165, 1.54) is 18.5 Å². The molecule has 1 atom stereocenters. The molecule has 1 heterocycles. The summed E-state index contributed by atoms with van der Waals surface area (Å²) in [4.78, 5) is 12.7. The van der Waals surface area contributed by atoms with Crippen LogP contribution in [0.5, 0.6) is 0 Å². The molecule has 1 aromatic rings. The first-order valence-corrected chi connectivity index (χ1v) is 9.04. The molecule has 1 unspecified atom stereocenters. The molecule has 1 amide bonds. The second-order valence-electron chi connectivity index (χ2n) is 5.67. The molecule has 0 fully saturated rings. The third kappa shape index (κ3) is 4.77. The molecule has 8 heteroatoms. The van der Waals surface area contributed by atoms with E-state index >= 15 is 0 Å². The lowest BCUT2D eigenvalue weighted by Crippen LogP contribution is -2.52. The fourth-order valence-corrected chi connectivity index (χ4v) is 4.02. The average Bonchev–Trinajstić information content (AvgIpc) is 2.88. The minimum absolute atomic E-state index is 0.0958. The van der Waals surface area contributed by atoms with Crippen molar-refractivity contribution >= 4 is 27.3 Å². The predicted molar refractivity (Wildman–Crippen MR) is 84.9 cm³/mol. The van der Waals surface area contributed by atoms with E-state index in [0.717, 1.165) is 17.8 Å². The summed E-state index contributed by atoms with van der Waals surface area (Å²) in [6.07, 6.45) is 0.752. The zero-order chi connectivity index (χ0) is 16.3. The lowest BCUT2D eigenvalue weighted by atomic mass is 9.90. The van der Waals surface area contributed by atoms with Gasteiger partial charge in [0, 0.05) is 11.9 Å². The van der Waals surface area contributed by atoms with E-state index in [0.29, 0.717) is 17.3 Å². The maximum absolute atomic E-state index is 12.3. The molecule has 6 nitrogen and oxygen atoms in total. The minimum Gasteiger partial charge on any atom is -0.345 e. The Morgan fingerprint density at radius 3 is 2.57 bits per heavy atom. The molecule has 0 bridgehead atoms. The van der Waals surface area contributed by atoms with Gasteiger partial charge in [0.05, 0.1) is 15.3 Å². The largest absolute Gasteiger partial charge is 0.345 e. The molecule has 4 N–H and O–H groups in total. The highest BCUT2D eigenvalue weighted by atomic mass is 32.2. The summed E-state index contributed by atoms with van der Waals surface area (Å²) in [6.45, 7) is 6.33. The molecule has 0 saturated heterocycles. The molecule has 21 heavy (non-hydrogen) atoms. The lowest BCUT2D eigenvalue weighted by molar-refractivity contribution is 0.0902. The summed E-state index contributed by atoms with van der Waals surface area (Å²) in [5.74, 6) is 0.0913. The van der Waals surface area contributed by atoms with Crippen molar-refractivity contribution in [3.8, 4) is 0 Å². The first-order chi connectivity index (χ1) is 9.63. The van der Waals surface area contributed by atoms with Gasteiger partial charge in [0.15, 0.2) is 0 Å². The van der Waals surface area contributed by atoms with Crippen LogP contribution >= 0.6 is 11.3 Å². The lowest BCUT2D eigenvalue weighted by Gasteiger charge is -2.31. The van der Waals surface area contributed by atoms with E-state index in [4.69, 9.17) is 5.73 Å². The number of amides is 1. The van der Waals surface area contributed by atoms with E-state index in [9.17, 15) is 13.2 Å². The molecule has 120 valence electrons. The van der Waals surface area contributed by atoms with Crippen molar-refractivity contribution in [2.75, 3.05) is 13.6 Å². The fraction of sp³-hybridized carbons (Fsp3) is 0.615. The van der Waals surface area contributed by atoms with Crippen molar-refractivity contribution in [3.63, 3.8) is 0 Å². The first-order valence-electron chi connectivity index (χ1n) is 6.68. The zero-order valence-electron chi connectivity index (χ0n) is 12.8. The second-order valence-corrected chi connectivity index (χ2v) is 8.47. The van der Waals surface area contributed by atoms with Crippen LogP contribution in [0.1, 0.15) is 36.9 Å². The van der Waals surface area contributed by atoms with Gasteiger partial charge in [-0.05, 0) is 32.4 Å². The molecule has 1 rings (SSSR count). The second kappa shape index (κ2) is 6.87. The van der Waals surface area contributed by atoms with Crippen molar-refractivity contribution < 1.29 is 13.2 Å². The van der Waals surface area contributed by atoms with E-state index in [1.807, 2.05) is 6.92 Å². The molecule has 0 aliphatic heterocycles. The molecule has 0 radical (unpaired) electrons. The van der Waals surface area contributed by atoms with Crippen LogP contribution in [0, 0.1) is 5.92 Å². The van der Waals surface area contributed by atoms with Crippen LogP contribution in [0.4, 0.5) is 0 Å². The van der Waals surface area contributed by atoms with Gasteiger partial charge < -0.3 is 11.1 Å². The van der Waals surface area contributed by atoms with Crippen LogP contribution in [-0.2, 0) is 10.0 Å². The Balaban J connectivity index is 2.90. The molecule has 0 saturated carbocycles. The van der Waals surface area contributed by atoms with Crippen molar-refractivity contribution in [3.05, 3.63) is 16.3 Å². The maximum Gasteiger partial charge on any atom is 0.261 e. The molecule has 0 aliphatic rings. The third-order valence-corrected chi connectivity index (χ3v) is 5.57. The highest BCUT2D eigenvalue weighted by molar-refractivity contribution is 7.89. The Morgan fingerprint density at radius 2 is 2.10 bits per heavy atom. The van der Waals surface area contributed by atoms with Gasteiger partial charge in [0.1, 0.15) is 0 Å². The standard InChI is InChI=1S/C13H23N3O3S2/c1-9(2)6-13(3,8-14)16-12(17)11-5-10(7-20-11)21(18,19)15-4/h5,7,9,15H,6,8,14H2,1-4H3,(H,16,17). The number of hydrogen-bond donors (Lipinski definition) is 3. The smallest absolute Gasteiger partial charge is 0.261 e.